The topological polar surface area (TPSA) is 63.5 Å². The van der Waals surface area contributed by atoms with E-state index in [0.29, 0.717) is 6.54 Å². The molecule has 3 aromatic rings. The van der Waals surface area contributed by atoms with Crippen LogP contribution < -0.4 is 15.4 Å². The lowest BCUT2D eigenvalue weighted by Crippen LogP contribution is -2.37. The van der Waals surface area contributed by atoms with Gasteiger partial charge in [-0.3, -0.25) is 4.68 Å². The number of aromatic nitrogens is 2. The van der Waals surface area contributed by atoms with Crippen LogP contribution >= 0.6 is 24.0 Å². The molecule has 0 amide bonds. The third-order valence-electron chi connectivity index (χ3n) is 4.83. The number of methoxy groups -OCH3 is 1. The molecule has 6 nitrogen and oxygen atoms in total. The highest BCUT2D eigenvalue weighted by Crippen LogP contribution is 2.14. The van der Waals surface area contributed by atoms with Gasteiger partial charge in [0.15, 0.2) is 5.96 Å². The average molecular weight is 533 g/mol. The largest absolute Gasteiger partial charge is 0.497 e. The predicted molar refractivity (Wildman–Crippen MR) is 137 cm³/mol. The molecule has 0 aliphatic heterocycles. The standard InChI is InChI=1S/C24H31N5O.HI/c1-3-25-24(26-14-7-10-20-9-6-13-23(17-20)30-2)27-18-21-11-4-5-12-22(21)19-29-16-8-15-28-29;/h4-6,8-9,11-13,15-17H,3,7,10,14,18-19H2,1-2H3,(H2,25,26,27);1H. The van der Waals surface area contributed by atoms with Gasteiger partial charge < -0.3 is 15.4 Å². The molecule has 0 saturated carbocycles. The molecular weight excluding hydrogens is 501 g/mol. The van der Waals surface area contributed by atoms with Crippen molar-refractivity contribution in [3.63, 3.8) is 0 Å². The van der Waals surface area contributed by atoms with E-state index in [2.05, 4.69) is 59.1 Å². The lowest BCUT2D eigenvalue weighted by molar-refractivity contribution is 0.414. The first-order valence-corrected chi connectivity index (χ1v) is 10.5. The molecule has 0 aliphatic rings. The highest BCUT2D eigenvalue weighted by atomic mass is 127. The molecule has 0 aliphatic carbocycles. The number of nitrogens with one attached hydrogen (secondary N) is 2. The zero-order chi connectivity index (χ0) is 21.0. The Bertz CT molecular complexity index is 927. The van der Waals surface area contributed by atoms with Crippen LogP contribution in [0.4, 0.5) is 0 Å². The van der Waals surface area contributed by atoms with E-state index in [0.717, 1.165) is 44.2 Å². The Morgan fingerprint density at radius 3 is 2.65 bits per heavy atom. The van der Waals surface area contributed by atoms with Crippen molar-refractivity contribution in [2.24, 2.45) is 4.99 Å². The van der Waals surface area contributed by atoms with Gasteiger partial charge in [0.25, 0.3) is 0 Å². The minimum atomic E-state index is 0. The van der Waals surface area contributed by atoms with Gasteiger partial charge in [-0.2, -0.15) is 5.10 Å². The van der Waals surface area contributed by atoms with Crippen LogP contribution in [0.15, 0.2) is 72.0 Å². The quantitative estimate of drug-likeness (QED) is 0.177. The minimum absolute atomic E-state index is 0. The summed E-state index contributed by atoms with van der Waals surface area (Å²) in [6, 6.07) is 18.6. The second-order valence-corrected chi connectivity index (χ2v) is 7.05. The van der Waals surface area contributed by atoms with Crippen LogP contribution in [0.5, 0.6) is 5.75 Å². The van der Waals surface area contributed by atoms with E-state index in [1.807, 2.05) is 29.1 Å². The molecule has 0 saturated heterocycles. The van der Waals surface area contributed by atoms with Gasteiger partial charge in [-0.15, -0.1) is 24.0 Å². The molecule has 2 aromatic carbocycles. The Kier molecular flexibility index (Phi) is 10.9. The van der Waals surface area contributed by atoms with E-state index in [4.69, 9.17) is 9.73 Å². The molecule has 0 fully saturated rings. The van der Waals surface area contributed by atoms with Crippen molar-refractivity contribution in [2.75, 3.05) is 20.2 Å². The summed E-state index contributed by atoms with van der Waals surface area (Å²) in [5.74, 6) is 1.75. The Hall–Kier alpha value is -2.55. The molecule has 7 heteroatoms. The SMILES string of the molecule is CCNC(=NCc1ccccc1Cn1cccn1)NCCCc1cccc(OC)c1.I. The van der Waals surface area contributed by atoms with Gasteiger partial charge in [0.1, 0.15) is 5.75 Å². The Balaban J connectivity index is 0.00000341. The van der Waals surface area contributed by atoms with Crippen LogP contribution in [0, 0.1) is 0 Å². The van der Waals surface area contributed by atoms with Crippen molar-refractivity contribution in [1.82, 2.24) is 20.4 Å². The summed E-state index contributed by atoms with van der Waals surface area (Å²) in [6.07, 6.45) is 5.80. The fraction of sp³-hybridized carbons (Fsp3) is 0.333. The summed E-state index contributed by atoms with van der Waals surface area (Å²) in [5.41, 5.74) is 3.73. The summed E-state index contributed by atoms with van der Waals surface area (Å²) in [5, 5.41) is 11.1. The molecule has 0 bridgehead atoms. The normalized spacial score (nSPS) is 11.0. The summed E-state index contributed by atoms with van der Waals surface area (Å²) in [6.45, 7) is 5.15. The molecule has 31 heavy (non-hydrogen) atoms. The fourth-order valence-electron chi connectivity index (χ4n) is 3.27. The number of rotatable bonds is 10. The first-order chi connectivity index (χ1) is 14.8. The maximum absolute atomic E-state index is 5.30. The van der Waals surface area contributed by atoms with E-state index in [-0.39, 0.29) is 24.0 Å². The molecule has 2 N–H and O–H groups in total. The lowest BCUT2D eigenvalue weighted by atomic mass is 10.1. The molecule has 0 unspecified atom stereocenters. The minimum Gasteiger partial charge on any atom is -0.497 e. The molecule has 1 heterocycles. The third kappa shape index (κ3) is 8.24. The zero-order valence-electron chi connectivity index (χ0n) is 18.3. The number of ether oxygens (including phenoxy) is 1. The average Bonchev–Trinajstić information content (AvgIpc) is 3.29. The first kappa shape index (κ1) is 24.7. The zero-order valence-corrected chi connectivity index (χ0v) is 20.6. The summed E-state index contributed by atoms with van der Waals surface area (Å²) in [7, 11) is 1.70. The molecular formula is C24H32IN5O. The van der Waals surface area contributed by atoms with Crippen LogP contribution in [0.2, 0.25) is 0 Å². The van der Waals surface area contributed by atoms with E-state index < -0.39 is 0 Å². The van der Waals surface area contributed by atoms with E-state index in [9.17, 15) is 0 Å². The van der Waals surface area contributed by atoms with Crippen molar-refractivity contribution >= 4 is 29.9 Å². The summed E-state index contributed by atoms with van der Waals surface area (Å²) >= 11 is 0. The number of halogens is 1. The van der Waals surface area contributed by atoms with Gasteiger partial charge in [-0.05, 0) is 54.7 Å². The second-order valence-electron chi connectivity index (χ2n) is 7.05. The molecule has 166 valence electrons. The van der Waals surface area contributed by atoms with Gasteiger partial charge >= 0.3 is 0 Å². The number of aryl methyl sites for hydroxylation is 1. The maximum Gasteiger partial charge on any atom is 0.191 e. The number of guanidine groups is 1. The monoisotopic (exact) mass is 533 g/mol. The van der Waals surface area contributed by atoms with Crippen molar-refractivity contribution in [2.45, 2.75) is 32.9 Å². The predicted octanol–water partition coefficient (Wildman–Crippen LogP) is 4.25. The highest BCUT2D eigenvalue weighted by molar-refractivity contribution is 14.0. The third-order valence-corrected chi connectivity index (χ3v) is 4.83. The summed E-state index contributed by atoms with van der Waals surface area (Å²) in [4.78, 5) is 4.79. The fourth-order valence-corrected chi connectivity index (χ4v) is 3.27. The van der Waals surface area contributed by atoms with Crippen molar-refractivity contribution in [1.29, 1.82) is 0 Å². The van der Waals surface area contributed by atoms with E-state index in [1.54, 1.807) is 13.3 Å². The van der Waals surface area contributed by atoms with Crippen molar-refractivity contribution in [3.05, 3.63) is 83.7 Å². The highest BCUT2D eigenvalue weighted by Gasteiger charge is 2.04. The van der Waals surface area contributed by atoms with Crippen LogP contribution in [0.25, 0.3) is 0 Å². The van der Waals surface area contributed by atoms with Crippen molar-refractivity contribution in [3.8, 4) is 5.75 Å². The van der Waals surface area contributed by atoms with Crippen LogP contribution in [-0.4, -0.2) is 35.9 Å². The van der Waals surface area contributed by atoms with Gasteiger partial charge in [0, 0.05) is 25.5 Å². The maximum atomic E-state index is 5.30. The Labute approximate surface area is 202 Å². The lowest BCUT2D eigenvalue weighted by Gasteiger charge is -2.13. The number of benzene rings is 2. The summed E-state index contributed by atoms with van der Waals surface area (Å²) < 4.78 is 7.23. The van der Waals surface area contributed by atoms with Crippen molar-refractivity contribution < 1.29 is 4.74 Å². The number of aliphatic imine (C=N–C) groups is 1. The second kappa shape index (κ2) is 13.7. The molecule has 0 radical (unpaired) electrons. The molecule has 0 spiro atoms. The van der Waals surface area contributed by atoms with Gasteiger partial charge in [-0.1, -0.05) is 36.4 Å². The van der Waals surface area contributed by atoms with Crippen LogP contribution in [0.1, 0.15) is 30.0 Å². The number of hydrogen-bond donors (Lipinski definition) is 2. The Morgan fingerprint density at radius 1 is 1.06 bits per heavy atom. The molecule has 0 atom stereocenters. The van der Waals surface area contributed by atoms with Gasteiger partial charge in [-0.25, -0.2) is 4.99 Å². The molecule has 3 rings (SSSR count). The number of nitrogens with zero attached hydrogens (tertiary/aromatic N) is 3. The van der Waals surface area contributed by atoms with Crippen LogP contribution in [0.3, 0.4) is 0 Å². The van der Waals surface area contributed by atoms with E-state index >= 15 is 0 Å². The van der Waals surface area contributed by atoms with Crippen LogP contribution in [-0.2, 0) is 19.5 Å². The van der Waals surface area contributed by atoms with E-state index in [1.165, 1.54) is 16.7 Å². The van der Waals surface area contributed by atoms with Gasteiger partial charge in [0.2, 0.25) is 0 Å². The smallest absolute Gasteiger partial charge is 0.191 e. The molecule has 1 aromatic heterocycles. The Morgan fingerprint density at radius 2 is 1.90 bits per heavy atom. The first-order valence-electron chi connectivity index (χ1n) is 10.5. The van der Waals surface area contributed by atoms with Gasteiger partial charge in [0.05, 0.1) is 20.2 Å². The number of hydrogen-bond acceptors (Lipinski definition) is 3.